The molecule has 3 N–H and O–H groups in total. The van der Waals surface area contributed by atoms with Gasteiger partial charge in [-0.05, 0) is 143 Å². The fourth-order valence-electron chi connectivity index (χ4n) is 6.83. The minimum atomic E-state index is -2.42. The van der Waals surface area contributed by atoms with E-state index in [-0.39, 0.29) is 56.4 Å². The van der Waals surface area contributed by atoms with Crippen LogP contribution in [-0.2, 0) is 14.3 Å². The molecule has 4 rings (SSSR count). The number of carbonyl (C=O) groups is 5. The molecule has 3 aromatic rings. The number of aryl methyl sites for hydroxylation is 1. The summed E-state index contributed by atoms with van der Waals surface area (Å²) in [4.78, 5) is 65.1. The maximum Gasteiger partial charge on any atom is 0.356 e. The summed E-state index contributed by atoms with van der Waals surface area (Å²) in [5.41, 5.74) is 1.85. The molecule has 1 aliphatic carbocycles. The number of ketones is 1. The molecule has 0 radical (unpaired) electrons. The first-order chi connectivity index (χ1) is 25.0. The molecule has 0 bridgehead atoms. The Hall–Kier alpha value is -5.75. The maximum absolute atomic E-state index is 13.9. The van der Waals surface area contributed by atoms with Crippen molar-refractivity contribution < 1.29 is 58.2 Å². The van der Waals surface area contributed by atoms with Gasteiger partial charge in [0.05, 0.1) is 18.2 Å². The molecule has 0 unspecified atom stereocenters. The van der Waals surface area contributed by atoms with Crippen LogP contribution in [0.25, 0.3) is 0 Å². The quantitative estimate of drug-likeness (QED) is 0.149. The second-order valence-corrected chi connectivity index (χ2v) is 14.0. The number of aliphatic hydroxyl groups is 1. The lowest BCUT2D eigenvalue weighted by Crippen LogP contribution is -2.47. The maximum atomic E-state index is 13.9. The molecule has 3 aromatic carbocycles. The Morgan fingerprint density at radius 3 is 1.69 bits per heavy atom. The van der Waals surface area contributed by atoms with Crippen molar-refractivity contribution in [2.75, 3.05) is 7.11 Å². The van der Waals surface area contributed by atoms with Crippen LogP contribution in [0.15, 0.2) is 29.6 Å². The predicted molar refractivity (Wildman–Crippen MR) is 199 cm³/mol. The van der Waals surface area contributed by atoms with E-state index in [1.165, 1.54) is 20.1 Å². The van der Waals surface area contributed by atoms with Crippen LogP contribution in [0, 0.1) is 62.3 Å². The third-order valence-corrected chi connectivity index (χ3v) is 10.5. The Kier molecular flexibility index (Phi) is 11.3. The van der Waals surface area contributed by atoms with Crippen LogP contribution < -0.4 is 14.2 Å². The van der Waals surface area contributed by atoms with E-state index in [9.17, 15) is 39.3 Å². The van der Waals surface area contributed by atoms with E-state index in [0.29, 0.717) is 44.5 Å². The molecule has 12 heteroatoms. The fraction of sp³-hybridized carbons (Fsp3) is 0.357. The van der Waals surface area contributed by atoms with Crippen LogP contribution in [0.5, 0.6) is 23.0 Å². The second kappa shape index (κ2) is 14.9. The molecular weight excluding hydrogens is 696 g/mol. The highest BCUT2D eigenvalue weighted by Gasteiger charge is 2.48. The molecule has 1 aliphatic rings. The van der Waals surface area contributed by atoms with Crippen molar-refractivity contribution in [3.63, 3.8) is 0 Å². The second-order valence-electron chi connectivity index (χ2n) is 14.0. The van der Waals surface area contributed by atoms with Crippen LogP contribution in [0.3, 0.4) is 0 Å². The Labute approximate surface area is 314 Å². The number of aromatic carboxylic acids is 1. The number of allylic oxidation sites excluding steroid dienone is 2. The Bertz CT molecular complexity index is 2210. The van der Waals surface area contributed by atoms with Crippen LogP contribution in [-0.4, -0.2) is 57.7 Å². The van der Waals surface area contributed by atoms with Crippen molar-refractivity contribution in [2.24, 2.45) is 0 Å². The van der Waals surface area contributed by atoms with Gasteiger partial charge in [-0.3, -0.25) is 4.79 Å². The number of phenols is 1. The van der Waals surface area contributed by atoms with Crippen molar-refractivity contribution in [2.45, 2.75) is 94.6 Å². The largest absolute Gasteiger partial charge is 0.507 e. The molecule has 286 valence electrons. The number of phenolic OH excluding ortho intramolecular Hbond substituents is 1. The van der Waals surface area contributed by atoms with E-state index >= 15 is 0 Å². The number of methoxy groups -OCH3 is 1. The smallest absolute Gasteiger partial charge is 0.356 e. The summed E-state index contributed by atoms with van der Waals surface area (Å²) in [6, 6.07) is 1.52. The number of carboxylic acid groups (broad SMARTS) is 1. The normalized spacial score (nSPS) is 15.4. The predicted octanol–water partition coefficient (Wildman–Crippen LogP) is 7.12. The van der Waals surface area contributed by atoms with E-state index in [1.807, 2.05) is 0 Å². The summed E-state index contributed by atoms with van der Waals surface area (Å²) in [5, 5.41) is 32.7. The van der Waals surface area contributed by atoms with Crippen LogP contribution in [0.4, 0.5) is 0 Å². The fourth-order valence-corrected chi connectivity index (χ4v) is 6.83. The number of aromatic hydroxyl groups is 1. The van der Waals surface area contributed by atoms with Gasteiger partial charge in [0.1, 0.15) is 34.3 Å². The third kappa shape index (κ3) is 6.77. The van der Waals surface area contributed by atoms with Crippen LogP contribution in [0.2, 0.25) is 0 Å². The molecule has 0 amide bonds. The number of carbonyl (C=O) groups excluding carboxylic acids is 4. The highest BCUT2D eigenvalue weighted by atomic mass is 16.6. The first-order valence-electron chi connectivity index (χ1n) is 17.2. The van der Waals surface area contributed by atoms with E-state index in [0.717, 1.165) is 12.2 Å². The van der Waals surface area contributed by atoms with Crippen molar-refractivity contribution >= 4 is 29.7 Å². The van der Waals surface area contributed by atoms with E-state index in [4.69, 9.17) is 18.9 Å². The summed E-state index contributed by atoms with van der Waals surface area (Å²) < 4.78 is 22.7. The number of ether oxygens (including phenoxy) is 4. The number of carboxylic acids is 1. The van der Waals surface area contributed by atoms with Crippen molar-refractivity contribution in [3.8, 4) is 23.0 Å². The molecule has 0 aromatic heterocycles. The summed E-state index contributed by atoms with van der Waals surface area (Å²) >= 11 is 0. The minimum absolute atomic E-state index is 0.0215. The first-order valence-corrected chi connectivity index (χ1v) is 17.2. The highest BCUT2D eigenvalue weighted by molar-refractivity contribution is 6.06. The zero-order chi connectivity index (χ0) is 40.9. The molecule has 1 atom stereocenters. The minimum Gasteiger partial charge on any atom is -0.507 e. The lowest BCUT2D eigenvalue weighted by atomic mass is 9.86. The molecule has 12 nitrogen and oxygen atoms in total. The van der Waals surface area contributed by atoms with Gasteiger partial charge in [-0.25, -0.2) is 19.2 Å². The molecule has 0 fully saturated rings. The van der Waals surface area contributed by atoms with Gasteiger partial charge in [0, 0.05) is 11.6 Å². The molecule has 54 heavy (non-hydrogen) atoms. The number of rotatable bonds is 9. The third-order valence-electron chi connectivity index (χ3n) is 10.5. The van der Waals surface area contributed by atoms with Crippen molar-refractivity contribution in [3.05, 3.63) is 102 Å². The van der Waals surface area contributed by atoms with Gasteiger partial charge in [-0.1, -0.05) is 13.8 Å². The topological polar surface area (TPSA) is 183 Å². The lowest BCUT2D eigenvalue weighted by molar-refractivity contribution is -0.151. The van der Waals surface area contributed by atoms with E-state index < -0.39 is 46.9 Å². The van der Waals surface area contributed by atoms with Gasteiger partial charge in [-0.15, -0.1) is 0 Å². The summed E-state index contributed by atoms with van der Waals surface area (Å²) in [5.74, 6) is -5.28. The molecule has 0 saturated heterocycles. The molecule has 0 spiro atoms. The van der Waals surface area contributed by atoms with Gasteiger partial charge in [0.15, 0.2) is 5.78 Å². The Morgan fingerprint density at radius 2 is 1.17 bits per heavy atom. The van der Waals surface area contributed by atoms with Crippen LogP contribution >= 0.6 is 0 Å². The summed E-state index contributed by atoms with van der Waals surface area (Å²) in [6.07, 6.45) is 2.08. The summed E-state index contributed by atoms with van der Waals surface area (Å²) in [6.45, 7) is 19.7. The van der Waals surface area contributed by atoms with E-state index in [2.05, 4.69) is 0 Å². The standard InChI is InChI=1S/C42H46O12/c1-17(2)31-35(44)34(24(9)27(12)37(31)54-41(49)42(50)19(4)15-28(43)16-30(42)51-13)40(48)52-29-14-18(3)32(21(6)20(29)5)39(47)53-36-25(10)22(7)33(38(45)46)23(8)26(36)11/h14-17,44,50H,1-13H3,(H,45,46)/t42-/m1/s1. The monoisotopic (exact) mass is 742 g/mol. The van der Waals surface area contributed by atoms with Crippen LogP contribution in [0.1, 0.15) is 113 Å². The zero-order valence-corrected chi connectivity index (χ0v) is 32.8. The molecule has 0 saturated carbocycles. The number of hydrogen-bond acceptors (Lipinski definition) is 11. The van der Waals surface area contributed by atoms with Gasteiger partial charge in [0.2, 0.25) is 5.60 Å². The average molecular weight is 743 g/mol. The Balaban J connectivity index is 1.72. The summed E-state index contributed by atoms with van der Waals surface area (Å²) in [7, 11) is 1.20. The van der Waals surface area contributed by atoms with Crippen molar-refractivity contribution in [1.29, 1.82) is 0 Å². The molecular formula is C42H46O12. The highest BCUT2D eigenvalue weighted by Crippen LogP contribution is 2.44. The van der Waals surface area contributed by atoms with E-state index in [1.54, 1.807) is 76.2 Å². The number of hydrogen-bond donors (Lipinski definition) is 3. The number of esters is 3. The zero-order valence-electron chi connectivity index (χ0n) is 32.8. The van der Waals surface area contributed by atoms with Gasteiger partial charge >= 0.3 is 23.9 Å². The van der Waals surface area contributed by atoms with Gasteiger partial charge in [-0.2, -0.15) is 0 Å². The molecule has 0 heterocycles. The van der Waals surface area contributed by atoms with Gasteiger partial charge < -0.3 is 34.3 Å². The molecule has 0 aliphatic heterocycles. The van der Waals surface area contributed by atoms with Gasteiger partial charge in [0.25, 0.3) is 0 Å². The first kappa shape index (κ1) is 41.0. The average Bonchev–Trinajstić information content (AvgIpc) is 3.08. The SMILES string of the molecule is COC1=CC(=O)C=C(C)[C@]1(O)C(=O)Oc1c(C)c(C)c(C(=O)Oc2cc(C)c(C(=O)Oc3c(C)c(C)c(C(=O)O)c(C)c3C)c(C)c2C)c(O)c1C(C)C. The van der Waals surface area contributed by atoms with Crippen molar-refractivity contribution in [1.82, 2.24) is 0 Å². The lowest BCUT2D eigenvalue weighted by Gasteiger charge is -2.31. The number of benzene rings is 3. The Morgan fingerprint density at radius 1 is 0.667 bits per heavy atom.